The summed E-state index contributed by atoms with van der Waals surface area (Å²) in [7, 11) is -2.09. The van der Waals surface area contributed by atoms with Crippen LogP contribution in [-0.4, -0.2) is 39.8 Å². The third-order valence-electron chi connectivity index (χ3n) is 4.07. The van der Waals surface area contributed by atoms with Crippen molar-refractivity contribution in [3.63, 3.8) is 0 Å². The van der Waals surface area contributed by atoms with Crippen LogP contribution in [-0.2, 0) is 10.0 Å². The Bertz CT molecular complexity index is 1020. The van der Waals surface area contributed by atoms with Crippen LogP contribution in [0, 0.1) is 0 Å². The molecule has 1 fully saturated rings. The SMILES string of the molecule is COc1ccc(NC(=O)c2ccc(NC(=O)NC3CC3)cc2)cc1NS(C)(=O)=O. The molecule has 0 unspecified atom stereocenters. The number of hydrogen-bond donors (Lipinski definition) is 4. The number of carbonyl (C=O) groups is 2. The predicted molar refractivity (Wildman–Crippen MR) is 111 cm³/mol. The average molecular weight is 418 g/mol. The number of rotatable bonds is 7. The zero-order valence-corrected chi connectivity index (χ0v) is 16.8. The number of nitrogens with one attached hydrogen (secondary N) is 4. The summed E-state index contributed by atoms with van der Waals surface area (Å²) in [6.45, 7) is 0. The van der Waals surface area contributed by atoms with Crippen molar-refractivity contribution in [1.29, 1.82) is 0 Å². The zero-order valence-electron chi connectivity index (χ0n) is 16.0. The van der Waals surface area contributed by atoms with E-state index in [1.54, 1.807) is 36.4 Å². The van der Waals surface area contributed by atoms with Crippen LogP contribution < -0.4 is 25.4 Å². The van der Waals surface area contributed by atoms with Gasteiger partial charge in [-0.15, -0.1) is 0 Å². The minimum atomic E-state index is -3.51. The highest BCUT2D eigenvalue weighted by Crippen LogP contribution is 2.29. The van der Waals surface area contributed by atoms with Crippen LogP contribution >= 0.6 is 0 Å². The van der Waals surface area contributed by atoms with Gasteiger partial charge in [-0.05, 0) is 55.3 Å². The van der Waals surface area contributed by atoms with Gasteiger partial charge in [0.15, 0.2) is 0 Å². The lowest BCUT2D eigenvalue weighted by molar-refractivity contribution is 0.102. The Morgan fingerprint density at radius 1 is 1.00 bits per heavy atom. The van der Waals surface area contributed by atoms with Gasteiger partial charge in [-0.3, -0.25) is 9.52 Å². The van der Waals surface area contributed by atoms with Crippen molar-refractivity contribution in [2.45, 2.75) is 18.9 Å². The summed E-state index contributed by atoms with van der Waals surface area (Å²) in [5.41, 5.74) is 1.57. The Morgan fingerprint density at radius 3 is 2.24 bits per heavy atom. The summed E-state index contributed by atoms with van der Waals surface area (Å²) in [6, 6.07) is 11.0. The Kier molecular flexibility index (Phi) is 5.92. The molecule has 0 bridgehead atoms. The van der Waals surface area contributed by atoms with Crippen molar-refractivity contribution in [3.8, 4) is 5.75 Å². The summed E-state index contributed by atoms with van der Waals surface area (Å²) in [6.07, 6.45) is 3.02. The molecular weight excluding hydrogens is 396 g/mol. The number of hydrogen-bond acceptors (Lipinski definition) is 5. The molecule has 0 heterocycles. The van der Waals surface area contributed by atoms with Crippen molar-refractivity contribution in [1.82, 2.24) is 5.32 Å². The fraction of sp³-hybridized carbons (Fsp3) is 0.263. The molecule has 3 amide bonds. The number of benzene rings is 2. The molecule has 0 aromatic heterocycles. The number of anilines is 3. The summed E-state index contributed by atoms with van der Waals surface area (Å²) in [5.74, 6) is -0.0530. The molecule has 0 aliphatic heterocycles. The first kappa shape index (κ1) is 20.5. The molecule has 3 rings (SSSR count). The van der Waals surface area contributed by atoms with Gasteiger partial charge in [0.25, 0.3) is 5.91 Å². The van der Waals surface area contributed by atoms with E-state index in [2.05, 4.69) is 20.7 Å². The lowest BCUT2D eigenvalue weighted by Gasteiger charge is -2.12. The van der Waals surface area contributed by atoms with Crippen LogP contribution in [0.4, 0.5) is 21.9 Å². The van der Waals surface area contributed by atoms with Crippen molar-refractivity contribution >= 4 is 39.0 Å². The molecular formula is C19H22N4O5S. The van der Waals surface area contributed by atoms with E-state index in [0.29, 0.717) is 22.7 Å². The average Bonchev–Trinajstić information content (AvgIpc) is 3.45. The van der Waals surface area contributed by atoms with E-state index in [4.69, 9.17) is 4.74 Å². The van der Waals surface area contributed by atoms with Crippen molar-refractivity contribution in [2.24, 2.45) is 0 Å². The number of amides is 3. The van der Waals surface area contributed by atoms with Crippen molar-refractivity contribution in [3.05, 3.63) is 48.0 Å². The highest BCUT2D eigenvalue weighted by Gasteiger charge is 2.23. The largest absolute Gasteiger partial charge is 0.495 e. The molecule has 154 valence electrons. The van der Waals surface area contributed by atoms with Gasteiger partial charge in [0.05, 0.1) is 19.1 Å². The molecule has 0 radical (unpaired) electrons. The van der Waals surface area contributed by atoms with Gasteiger partial charge in [-0.1, -0.05) is 0 Å². The van der Waals surface area contributed by atoms with Gasteiger partial charge in [0.2, 0.25) is 10.0 Å². The Hall–Kier alpha value is -3.27. The molecule has 0 spiro atoms. The quantitative estimate of drug-likeness (QED) is 0.550. The third kappa shape index (κ3) is 6.11. The third-order valence-corrected chi connectivity index (χ3v) is 4.66. The van der Waals surface area contributed by atoms with Gasteiger partial charge in [-0.2, -0.15) is 0 Å². The first-order valence-corrected chi connectivity index (χ1v) is 10.8. The molecule has 4 N–H and O–H groups in total. The maximum atomic E-state index is 12.5. The van der Waals surface area contributed by atoms with Gasteiger partial charge in [0, 0.05) is 23.0 Å². The number of urea groups is 1. The topological polar surface area (TPSA) is 126 Å². The fourth-order valence-electron chi connectivity index (χ4n) is 2.55. The molecule has 29 heavy (non-hydrogen) atoms. The molecule has 1 aliphatic rings. The molecule has 2 aromatic carbocycles. The van der Waals surface area contributed by atoms with Crippen molar-refractivity contribution < 1.29 is 22.7 Å². The Labute approximate surface area is 168 Å². The van der Waals surface area contributed by atoms with Gasteiger partial charge in [0.1, 0.15) is 5.75 Å². The minimum absolute atomic E-state index is 0.217. The Morgan fingerprint density at radius 2 is 1.66 bits per heavy atom. The van der Waals surface area contributed by atoms with Gasteiger partial charge in [-0.25, -0.2) is 13.2 Å². The smallest absolute Gasteiger partial charge is 0.319 e. The summed E-state index contributed by atoms with van der Waals surface area (Å²) < 4.78 is 30.5. The molecule has 9 nitrogen and oxygen atoms in total. The van der Waals surface area contributed by atoms with Gasteiger partial charge < -0.3 is 20.7 Å². The number of sulfonamides is 1. The summed E-state index contributed by atoms with van der Waals surface area (Å²) >= 11 is 0. The number of carbonyl (C=O) groups excluding carboxylic acids is 2. The van der Waals surface area contributed by atoms with Crippen LogP contribution in [0.3, 0.4) is 0 Å². The molecule has 0 saturated heterocycles. The highest BCUT2D eigenvalue weighted by atomic mass is 32.2. The van der Waals surface area contributed by atoms with Crippen LogP contribution in [0.2, 0.25) is 0 Å². The zero-order chi connectivity index (χ0) is 21.0. The molecule has 2 aromatic rings. The maximum Gasteiger partial charge on any atom is 0.319 e. The predicted octanol–water partition coefficient (Wildman–Crippen LogP) is 2.60. The normalized spacial score (nSPS) is 13.3. The molecule has 0 atom stereocenters. The van der Waals surface area contributed by atoms with E-state index in [9.17, 15) is 18.0 Å². The number of methoxy groups -OCH3 is 1. The summed E-state index contributed by atoms with van der Waals surface area (Å²) in [4.78, 5) is 24.2. The first-order valence-electron chi connectivity index (χ1n) is 8.88. The van der Waals surface area contributed by atoms with E-state index in [-0.39, 0.29) is 23.7 Å². The lowest BCUT2D eigenvalue weighted by atomic mass is 10.2. The second kappa shape index (κ2) is 8.39. The lowest BCUT2D eigenvalue weighted by Crippen LogP contribution is -2.30. The van der Waals surface area contributed by atoms with Crippen LogP contribution in [0.1, 0.15) is 23.2 Å². The number of ether oxygens (including phenoxy) is 1. The molecule has 10 heteroatoms. The van der Waals surface area contributed by atoms with Crippen molar-refractivity contribution in [2.75, 3.05) is 28.7 Å². The monoisotopic (exact) mass is 418 g/mol. The maximum absolute atomic E-state index is 12.5. The molecule has 1 aliphatic carbocycles. The Balaban J connectivity index is 1.66. The van der Waals surface area contributed by atoms with Crippen LogP contribution in [0.25, 0.3) is 0 Å². The van der Waals surface area contributed by atoms with E-state index >= 15 is 0 Å². The van der Waals surface area contributed by atoms with Crippen LogP contribution in [0.15, 0.2) is 42.5 Å². The first-order chi connectivity index (χ1) is 13.7. The van der Waals surface area contributed by atoms with E-state index < -0.39 is 10.0 Å². The highest BCUT2D eigenvalue weighted by molar-refractivity contribution is 7.92. The van der Waals surface area contributed by atoms with Crippen LogP contribution in [0.5, 0.6) is 5.75 Å². The fourth-order valence-corrected chi connectivity index (χ4v) is 3.11. The standard InChI is InChI=1S/C19H22N4O5S/c1-28-17-10-9-15(11-16(17)23-29(2,26)27)20-18(24)12-3-5-13(6-4-12)21-19(25)22-14-7-8-14/h3-6,9-11,14,23H,7-8H2,1-2H3,(H,20,24)(H2,21,22,25). The van der Waals surface area contributed by atoms with E-state index in [0.717, 1.165) is 19.1 Å². The molecule has 1 saturated carbocycles. The van der Waals surface area contributed by atoms with Gasteiger partial charge >= 0.3 is 6.03 Å². The summed E-state index contributed by atoms with van der Waals surface area (Å²) in [5, 5.41) is 8.23. The van der Waals surface area contributed by atoms with E-state index in [1.165, 1.54) is 13.2 Å². The van der Waals surface area contributed by atoms with E-state index in [1.807, 2.05) is 0 Å². The second-order valence-electron chi connectivity index (χ2n) is 6.69. The second-order valence-corrected chi connectivity index (χ2v) is 8.44. The minimum Gasteiger partial charge on any atom is -0.495 e.